The third-order valence-corrected chi connectivity index (χ3v) is 1.78. The van der Waals surface area contributed by atoms with Gasteiger partial charge in [-0.2, -0.15) is 0 Å². The zero-order valence-corrected chi connectivity index (χ0v) is 8.77. The fourth-order valence-electron chi connectivity index (χ4n) is 0.940. The molecule has 0 saturated carbocycles. The van der Waals surface area contributed by atoms with Gasteiger partial charge in [-0.3, -0.25) is 4.98 Å². The van der Waals surface area contributed by atoms with E-state index in [9.17, 15) is 4.79 Å². The topological polar surface area (TPSA) is 48.4 Å². The number of rotatable bonds is 4. The Morgan fingerprint density at radius 2 is 2.40 bits per heavy atom. The quantitative estimate of drug-likeness (QED) is 0.555. The van der Waals surface area contributed by atoms with Gasteiger partial charge >= 0.3 is 5.97 Å². The van der Waals surface area contributed by atoms with Crippen LogP contribution in [0.1, 0.15) is 6.92 Å². The van der Waals surface area contributed by atoms with Crippen molar-refractivity contribution in [1.82, 2.24) is 4.98 Å². The summed E-state index contributed by atoms with van der Waals surface area (Å²) in [6, 6.07) is 3.58. The molecule has 0 N–H and O–H groups in total. The molecule has 0 aromatic carbocycles. The van der Waals surface area contributed by atoms with Gasteiger partial charge in [0.15, 0.2) is 0 Å². The number of hydrogen-bond donors (Lipinski definition) is 0. The molecule has 0 aliphatic carbocycles. The van der Waals surface area contributed by atoms with Crippen molar-refractivity contribution in [2.45, 2.75) is 6.92 Å². The van der Waals surface area contributed by atoms with Crippen molar-refractivity contribution in [2.75, 3.05) is 13.7 Å². The molecule has 0 fully saturated rings. The van der Waals surface area contributed by atoms with Crippen molar-refractivity contribution >= 4 is 5.97 Å². The van der Waals surface area contributed by atoms with Crippen molar-refractivity contribution in [3.63, 3.8) is 0 Å². The highest BCUT2D eigenvalue weighted by molar-refractivity contribution is 5.87. The van der Waals surface area contributed by atoms with Crippen LogP contribution >= 0.6 is 0 Å². The molecule has 15 heavy (non-hydrogen) atoms. The van der Waals surface area contributed by atoms with Gasteiger partial charge in [-0.25, -0.2) is 4.79 Å². The van der Waals surface area contributed by atoms with E-state index in [0.717, 1.165) is 0 Å². The summed E-state index contributed by atoms with van der Waals surface area (Å²) in [5.74, 6) is 0.330. The van der Waals surface area contributed by atoms with Gasteiger partial charge in [0, 0.05) is 11.8 Å². The van der Waals surface area contributed by atoms with Gasteiger partial charge in [-0.15, -0.1) is 0 Å². The Kier molecular flexibility index (Phi) is 4.34. The van der Waals surface area contributed by atoms with Crippen molar-refractivity contribution in [2.24, 2.45) is 0 Å². The van der Waals surface area contributed by atoms with Crippen LogP contribution in [-0.4, -0.2) is 24.7 Å². The maximum atomic E-state index is 11.0. The normalized spacial score (nSPS) is 10.9. The average molecular weight is 207 g/mol. The first-order valence-corrected chi connectivity index (χ1v) is 4.52. The second-order valence-electron chi connectivity index (χ2n) is 2.88. The molecule has 0 unspecified atom stereocenters. The first-order chi connectivity index (χ1) is 7.24. The van der Waals surface area contributed by atoms with Gasteiger partial charge in [0.1, 0.15) is 12.4 Å². The van der Waals surface area contributed by atoms with E-state index in [1.54, 1.807) is 37.5 Å². The lowest BCUT2D eigenvalue weighted by atomic mass is 10.3. The Bertz CT molecular complexity index is 346. The van der Waals surface area contributed by atoms with Crippen LogP contribution in [0.4, 0.5) is 0 Å². The highest BCUT2D eigenvalue weighted by atomic mass is 16.5. The summed E-state index contributed by atoms with van der Waals surface area (Å²) in [6.07, 6.45) is 4.95. The lowest BCUT2D eigenvalue weighted by molar-refractivity contribution is -0.136. The number of carbonyl (C=O) groups excluding carboxylic acids is 1. The monoisotopic (exact) mass is 207 g/mol. The van der Waals surface area contributed by atoms with Gasteiger partial charge in [0.05, 0.1) is 13.3 Å². The van der Waals surface area contributed by atoms with E-state index in [1.807, 2.05) is 0 Å². The number of hydrogen-bond acceptors (Lipinski definition) is 4. The van der Waals surface area contributed by atoms with Crippen LogP contribution in [0.3, 0.4) is 0 Å². The van der Waals surface area contributed by atoms with E-state index in [1.165, 1.54) is 7.11 Å². The van der Waals surface area contributed by atoms with Crippen LogP contribution in [0.15, 0.2) is 36.2 Å². The molecular weight excluding hydrogens is 194 g/mol. The van der Waals surface area contributed by atoms with Crippen LogP contribution < -0.4 is 4.74 Å². The standard InChI is InChI=1S/C11H13NO3/c1-9(11(13)14-2)5-7-15-10-4-3-6-12-8-10/h3-6,8H,7H2,1-2H3. The van der Waals surface area contributed by atoms with E-state index in [0.29, 0.717) is 17.9 Å². The van der Waals surface area contributed by atoms with Crippen molar-refractivity contribution in [3.05, 3.63) is 36.2 Å². The minimum Gasteiger partial charge on any atom is -0.488 e. The Labute approximate surface area is 88.5 Å². The highest BCUT2D eigenvalue weighted by Gasteiger charge is 2.01. The third-order valence-electron chi connectivity index (χ3n) is 1.78. The molecule has 4 nitrogen and oxygen atoms in total. The lowest BCUT2D eigenvalue weighted by Crippen LogP contribution is -2.04. The van der Waals surface area contributed by atoms with Crippen LogP contribution in [0.2, 0.25) is 0 Å². The zero-order valence-electron chi connectivity index (χ0n) is 8.77. The average Bonchev–Trinajstić information content (AvgIpc) is 2.29. The summed E-state index contributed by atoms with van der Waals surface area (Å²) in [7, 11) is 1.35. The molecule has 80 valence electrons. The van der Waals surface area contributed by atoms with Crippen LogP contribution in [0.5, 0.6) is 5.75 Å². The van der Waals surface area contributed by atoms with Crippen molar-refractivity contribution < 1.29 is 14.3 Å². The Hall–Kier alpha value is -1.84. The van der Waals surface area contributed by atoms with E-state index < -0.39 is 0 Å². The van der Waals surface area contributed by atoms with E-state index in [-0.39, 0.29) is 5.97 Å². The summed E-state index contributed by atoms with van der Waals surface area (Å²) < 4.78 is 9.86. The predicted molar refractivity (Wildman–Crippen MR) is 55.5 cm³/mol. The molecule has 0 radical (unpaired) electrons. The number of pyridine rings is 1. The molecule has 1 heterocycles. The molecular formula is C11H13NO3. The van der Waals surface area contributed by atoms with E-state index in [4.69, 9.17) is 4.74 Å². The number of methoxy groups -OCH3 is 1. The van der Waals surface area contributed by atoms with Gasteiger partial charge in [-0.05, 0) is 25.1 Å². The number of carbonyl (C=O) groups is 1. The summed E-state index contributed by atoms with van der Waals surface area (Å²) in [6.45, 7) is 2.01. The molecule has 0 spiro atoms. The minimum absolute atomic E-state index is 0.326. The summed E-state index contributed by atoms with van der Waals surface area (Å²) >= 11 is 0. The SMILES string of the molecule is COC(=O)C(C)=CCOc1cccnc1. The molecule has 1 aromatic rings. The Balaban J connectivity index is 2.42. The number of esters is 1. The third kappa shape index (κ3) is 3.81. The van der Waals surface area contributed by atoms with Crippen molar-refractivity contribution in [1.29, 1.82) is 0 Å². The Morgan fingerprint density at radius 1 is 1.60 bits per heavy atom. The van der Waals surface area contributed by atoms with Crippen LogP contribution in [-0.2, 0) is 9.53 Å². The second kappa shape index (κ2) is 5.80. The molecule has 1 aromatic heterocycles. The summed E-state index contributed by atoms with van der Waals surface area (Å²) in [4.78, 5) is 14.9. The molecule has 0 aliphatic rings. The summed E-state index contributed by atoms with van der Waals surface area (Å²) in [5, 5.41) is 0. The molecule has 1 rings (SSSR count). The number of nitrogens with zero attached hydrogens (tertiary/aromatic N) is 1. The van der Waals surface area contributed by atoms with E-state index in [2.05, 4.69) is 9.72 Å². The van der Waals surface area contributed by atoms with Gasteiger partial charge in [-0.1, -0.05) is 0 Å². The molecule has 0 amide bonds. The zero-order chi connectivity index (χ0) is 11.1. The molecule has 4 heteroatoms. The fraction of sp³-hybridized carbons (Fsp3) is 0.273. The fourth-order valence-corrected chi connectivity index (χ4v) is 0.940. The smallest absolute Gasteiger partial charge is 0.333 e. The summed E-state index contributed by atoms with van der Waals surface area (Å²) in [5.41, 5.74) is 0.529. The maximum Gasteiger partial charge on any atom is 0.333 e. The molecule has 0 aliphatic heterocycles. The van der Waals surface area contributed by atoms with E-state index >= 15 is 0 Å². The molecule has 0 saturated heterocycles. The number of ether oxygens (including phenoxy) is 2. The van der Waals surface area contributed by atoms with Gasteiger partial charge in [0.2, 0.25) is 0 Å². The van der Waals surface area contributed by atoms with Crippen LogP contribution in [0, 0.1) is 0 Å². The predicted octanol–water partition coefficient (Wildman–Crippen LogP) is 1.58. The molecule has 0 bridgehead atoms. The second-order valence-corrected chi connectivity index (χ2v) is 2.88. The minimum atomic E-state index is -0.343. The largest absolute Gasteiger partial charge is 0.488 e. The Morgan fingerprint density at radius 3 is 3.00 bits per heavy atom. The molecule has 0 atom stereocenters. The lowest BCUT2D eigenvalue weighted by Gasteiger charge is -2.02. The van der Waals surface area contributed by atoms with Crippen molar-refractivity contribution in [3.8, 4) is 5.75 Å². The number of aromatic nitrogens is 1. The van der Waals surface area contributed by atoms with Crippen LogP contribution in [0.25, 0.3) is 0 Å². The van der Waals surface area contributed by atoms with Gasteiger partial charge < -0.3 is 9.47 Å². The highest BCUT2D eigenvalue weighted by Crippen LogP contribution is 2.06. The maximum absolute atomic E-state index is 11.0. The van der Waals surface area contributed by atoms with Gasteiger partial charge in [0.25, 0.3) is 0 Å². The first kappa shape index (κ1) is 11.2. The first-order valence-electron chi connectivity index (χ1n) is 4.52.